The molecule has 2 rings (SSSR count). The normalized spacial score (nSPS) is 34.4. The molecule has 1 N–H and O–H groups in total. The van der Waals surface area contributed by atoms with E-state index in [0.717, 1.165) is 19.6 Å². The molecule has 2 saturated heterocycles. The second-order valence-electron chi connectivity index (χ2n) is 6.71. The molecular formula is C14H28N2O. The van der Waals surface area contributed by atoms with Gasteiger partial charge in [0.1, 0.15) is 6.23 Å². The minimum absolute atomic E-state index is 0.271. The van der Waals surface area contributed by atoms with Gasteiger partial charge in [-0.1, -0.05) is 13.8 Å². The molecule has 2 heterocycles. The monoisotopic (exact) mass is 240 g/mol. The van der Waals surface area contributed by atoms with Crippen LogP contribution in [-0.4, -0.2) is 42.9 Å². The van der Waals surface area contributed by atoms with Crippen molar-refractivity contribution in [2.75, 3.05) is 19.7 Å². The van der Waals surface area contributed by atoms with Crippen molar-refractivity contribution in [3.63, 3.8) is 0 Å². The number of hydrogen-bond acceptors (Lipinski definition) is 3. The molecule has 2 fully saturated rings. The van der Waals surface area contributed by atoms with Crippen LogP contribution in [-0.2, 0) is 4.74 Å². The second kappa shape index (κ2) is 5.25. The van der Waals surface area contributed by atoms with Crippen LogP contribution in [0.2, 0.25) is 0 Å². The summed E-state index contributed by atoms with van der Waals surface area (Å²) in [6.45, 7) is 12.3. The fraction of sp³-hybridized carbons (Fsp3) is 1.00. The van der Waals surface area contributed by atoms with Crippen LogP contribution in [0.5, 0.6) is 0 Å². The molecule has 2 aliphatic heterocycles. The number of hydrogen-bond donors (Lipinski definition) is 1. The lowest BCUT2D eigenvalue weighted by atomic mass is 9.93. The van der Waals surface area contributed by atoms with Crippen LogP contribution in [0.4, 0.5) is 0 Å². The molecule has 0 aliphatic carbocycles. The Bertz CT molecular complexity index is 243. The van der Waals surface area contributed by atoms with Gasteiger partial charge in [-0.3, -0.25) is 10.2 Å². The molecule has 0 aromatic carbocycles. The van der Waals surface area contributed by atoms with E-state index < -0.39 is 0 Å². The average molecular weight is 240 g/mol. The first-order valence-corrected chi connectivity index (χ1v) is 7.09. The standard InChI is InChI=1S/C14H28N2O/c1-11(2)16-7-5-6-12(16)8-13-15-9-14(3,4)10-17-13/h11-13,15H,5-10H2,1-4H3. The number of nitrogens with zero attached hydrogens (tertiary/aromatic N) is 1. The number of likely N-dealkylation sites (tertiary alicyclic amines) is 1. The van der Waals surface area contributed by atoms with E-state index in [4.69, 9.17) is 4.74 Å². The van der Waals surface area contributed by atoms with E-state index in [1.54, 1.807) is 0 Å². The van der Waals surface area contributed by atoms with Crippen LogP contribution >= 0.6 is 0 Å². The van der Waals surface area contributed by atoms with Gasteiger partial charge in [0.05, 0.1) is 6.61 Å². The Morgan fingerprint density at radius 1 is 1.41 bits per heavy atom. The Morgan fingerprint density at radius 3 is 2.76 bits per heavy atom. The molecule has 0 radical (unpaired) electrons. The molecule has 0 aromatic rings. The van der Waals surface area contributed by atoms with Crippen molar-refractivity contribution < 1.29 is 4.74 Å². The van der Waals surface area contributed by atoms with E-state index in [1.807, 2.05) is 0 Å². The zero-order chi connectivity index (χ0) is 12.5. The molecule has 0 amide bonds. The van der Waals surface area contributed by atoms with E-state index in [-0.39, 0.29) is 6.23 Å². The topological polar surface area (TPSA) is 24.5 Å². The van der Waals surface area contributed by atoms with Crippen LogP contribution in [0.25, 0.3) is 0 Å². The Kier molecular flexibility index (Phi) is 4.11. The van der Waals surface area contributed by atoms with Crippen molar-refractivity contribution >= 4 is 0 Å². The van der Waals surface area contributed by atoms with E-state index in [0.29, 0.717) is 17.5 Å². The zero-order valence-corrected chi connectivity index (χ0v) is 11.8. The average Bonchev–Trinajstić information content (AvgIpc) is 2.69. The fourth-order valence-electron chi connectivity index (χ4n) is 3.02. The van der Waals surface area contributed by atoms with Crippen molar-refractivity contribution in [1.29, 1.82) is 0 Å². The van der Waals surface area contributed by atoms with Gasteiger partial charge in [0.2, 0.25) is 0 Å². The molecule has 2 aliphatic rings. The van der Waals surface area contributed by atoms with Crippen LogP contribution in [0.3, 0.4) is 0 Å². The van der Waals surface area contributed by atoms with Gasteiger partial charge in [0.15, 0.2) is 0 Å². The number of ether oxygens (including phenoxy) is 1. The Morgan fingerprint density at radius 2 is 2.18 bits per heavy atom. The molecule has 0 aromatic heterocycles. The number of nitrogens with one attached hydrogen (secondary N) is 1. The lowest BCUT2D eigenvalue weighted by Crippen LogP contribution is -2.50. The maximum atomic E-state index is 5.95. The minimum atomic E-state index is 0.271. The lowest BCUT2D eigenvalue weighted by Gasteiger charge is -2.38. The Labute approximate surface area is 106 Å². The van der Waals surface area contributed by atoms with Crippen LogP contribution in [0, 0.1) is 5.41 Å². The third kappa shape index (κ3) is 3.43. The highest BCUT2D eigenvalue weighted by Gasteiger charge is 2.32. The predicted molar refractivity (Wildman–Crippen MR) is 71.0 cm³/mol. The lowest BCUT2D eigenvalue weighted by molar-refractivity contribution is -0.0698. The third-order valence-corrected chi connectivity index (χ3v) is 4.06. The molecule has 2 unspecified atom stereocenters. The first kappa shape index (κ1) is 13.3. The van der Waals surface area contributed by atoms with Crippen molar-refractivity contribution in [3.05, 3.63) is 0 Å². The van der Waals surface area contributed by atoms with E-state index in [2.05, 4.69) is 37.9 Å². The molecule has 100 valence electrons. The highest BCUT2D eigenvalue weighted by atomic mass is 16.5. The van der Waals surface area contributed by atoms with Crippen LogP contribution in [0.1, 0.15) is 47.0 Å². The zero-order valence-electron chi connectivity index (χ0n) is 11.8. The van der Waals surface area contributed by atoms with E-state index in [9.17, 15) is 0 Å². The molecule has 0 saturated carbocycles. The fourth-order valence-corrected chi connectivity index (χ4v) is 3.02. The first-order chi connectivity index (χ1) is 7.98. The summed E-state index contributed by atoms with van der Waals surface area (Å²) in [5.74, 6) is 0. The van der Waals surface area contributed by atoms with E-state index in [1.165, 1.54) is 19.4 Å². The molecule has 3 heteroatoms. The van der Waals surface area contributed by atoms with Crippen molar-refractivity contribution in [2.24, 2.45) is 5.41 Å². The quantitative estimate of drug-likeness (QED) is 0.818. The smallest absolute Gasteiger partial charge is 0.109 e. The van der Waals surface area contributed by atoms with Crippen LogP contribution in [0.15, 0.2) is 0 Å². The molecule has 0 bridgehead atoms. The molecule has 3 nitrogen and oxygen atoms in total. The summed E-state index contributed by atoms with van der Waals surface area (Å²) < 4.78 is 5.95. The van der Waals surface area contributed by atoms with Crippen molar-refractivity contribution in [1.82, 2.24) is 10.2 Å². The number of rotatable bonds is 3. The SMILES string of the molecule is CC(C)N1CCCC1CC1NCC(C)(C)CO1. The van der Waals surface area contributed by atoms with E-state index >= 15 is 0 Å². The maximum absolute atomic E-state index is 5.95. The molecular weight excluding hydrogens is 212 g/mol. The summed E-state index contributed by atoms with van der Waals surface area (Å²) in [6.07, 6.45) is 4.10. The molecule has 2 atom stereocenters. The molecule has 0 spiro atoms. The van der Waals surface area contributed by atoms with Gasteiger partial charge in [-0.05, 0) is 33.2 Å². The van der Waals surface area contributed by atoms with Gasteiger partial charge in [-0.15, -0.1) is 0 Å². The second-order valence-corrected chi connectivity index (χ2v) is 6.71. The van der Waals surface area contributed by atoms with Gasteiger partial charge in [-0.2, -0.15) is 0 Å². The Hall–Kier alpha value is -0.120. The highest BCUT2D eigenvalue weighted by Crippen LogP contribution is 2.26. The van der Waals surface area contributed by atoms with Gasteiger partial charge < -0.3 is 4.74 Å². The summed E-state index contributed by atoms with van der Waals surface area (Å²) in [6, 6.07) is 1.39. The van der Waals surface area contributed by atoms with Gasteiger partial charge in [0, 0.05) is 30.5 Å². The van der Waals surface area contributed by atoms with Gasteiger partial charge in [-0.25, -0.2) is 0 Å². The largest absolute Gasteiger partial charge is 0.363 e. The third-order valence-electron chi connectivity index (χ3n) is 4.06. The summed E-state index contributed by atoms with van der Waals surface area (Å²) >= 11 is 0. The summed E-state index contributed by atoms with van der Waals surface area (Å²) in [5.41, 5.74) is 0.296. The Balaban J connectivity index is 1.81. The summed E-state index contributed by atoms with van der Waals surface area (Å²) in [7, 11) is 0. The van der Waals surface area contributed by atoms with Gasteiger partial charge in [0.25, 0.3) is 0 Å². The highest BCUT2D eigenvalue weighted by molar-refractivity contribution is 4.85. The van der Waals surface area contributed by atoms with Gasteiger partial charge >= 0.3 is 0 Å². The maximum Gasteiger partial charge on any atom is 0.109 e. The summed E-state index contributed by atoms with van der Waals surface area (Å²) in [5, 5.41) is 3.55. The van der Waals surface area contributed by atoms with Crippen LogP contribution < -0.4 is 5.32 Å². The van der Waals surface area contributed by atoms with Crippen molar-refractivity contribution in [3.8, 4) is 0 Å². The predicted octanol–water partition coefficient (Wildman–Crippen LogP) is 2.22. The first-order valence-electron chi connectivity index (χ1n) is 7.09. The molecule has 17 heavy (non-hydrogen) atoms. The minimum Gasteiger partial charge on any atom is -0.363 e. The van der Waals surface area contributed by atoms with Crippen molar-refractivity contribution in [2.45, 2.75) is 65.3 Å². The summed E-state index contributed by atoms with van der Waals surface area (Å²) in [4.78, 5) is 2.63.